The topological polar surface area (TPSA) is 61.4 Å². The molecule has 0 amide bonds. The molecule has 2 aliphatic rings. The molecule has 1 aliphatic heterocycles. The molecule has 0 unspecified atom stereocenters. The van der Waals surface area contributed by atoms with Gasteiger partial charge in [0.15, 0.2) is 0 Å². The third-order valence-corrected chi connectivity index (χ3v) is 5.69. The Balaban J connectivity index is 1.65. The van der Waals surface area contributed by atoms with Gasteiger partial charge < -0.3 is 5.32 Å². The number of sulfonamides is 1. The quantitative estimate of drug-likeness (QED) is 0.743. The molecule has 2 N–H and O–H groups in total. The lowest BCUT2D eigenvalue weighted by Crippen LogP contribution is -2.46. The first kappa shape index (κ1) is 15.2. The normalized spacial score (nSPS) is 23.6. The van der Waals surface area contributed by atoms with Crippen molar-refractivity contribution in [2.45, 2.75) is 32.1 Å². The van der Waals surface area contributed by atoms with Gasteiger partial charge >= 0.3 is 0 Å². The number of nitrogens with zero attached hydrogens (tertiary/aromatic N) is 1. The summed E-state index contributed by atoms with van der Waals surface area (Å²) in [4.78, 5) is 2.31. The van der Waals surface area contributed by atoms with E-state index in [-0.39, 0.29) is 0 Å². The van der Waals surface area contributed by atoms with Gasteiger partial charge in [-0.15, -0.1) is 0 Å². The third kappa shape index (κ3) is 5.77. The van der Waals surface area contributed by atoms with Crippen LogP contribution in [-0.4, -0.2) is 58.3 Å². The van der Waals surface area contributed by atoms with E-state index < -0.39 is 10.0 Å². The van der Waals surface area contributed by atoms with Gasteiger partial charge in [0.1, 0.15) is 0 Å². The fourth-order valence-electron chi connectivity index (χ4n) is 3.02. The first-order chi connectivity index (χ1) is 9.16. The molecule has 0 aromatic rings. The van der Waals surface area contributed by atoms with E-state index in [9.17, 15) is 8.42 Å². The summed E-state index contributed by atoms with van der Waals surface area (Å²) in [6, 6.07) is 0. The van der Waals surface area contributed by atoms with E-state index in [0.29, 0.717) is 18.2 Å². The van der Waals surface area contributed by atoms with Crippen molar-refractivity contribution in [2.24, 2.45) is 5.92 Å². The van der Waals surface area contributed by atoms with Gasteiger partial charge in [0, 0.05) is 39.3 Å². The van der Waals surface area contributed by atoms with Crippen molar-refractivity contribution in [2.75, 3.05) is 45.0 Å². The smallest absolute Gasteiger partial charge is 0.211 e. The van der Waals surface area contributed by atoms with Crippen LogP contribution in [0.5, 0.6) is 0 Å². The van der Waals surface area contributed by atoms with Crippen molar-refractivity contribution in [3.8, 4) is 0 Å². The number of hydrogen-bond acceptors (Lipinski definition) is 4. The molecule has 5 nitrogen and oxygen atoms in total. The van der Waals surface area contributed by atoms with E-state index in [4.69, 9.17) is 0 Å². The van der Waals surface area contributed by atoms with Crippen LogP contribution in [0, 0.1) is 5.92 Å². The Bertz CT molecular complexity index is 347. The van der Waals surface area contributed by atoms with Crippen LogP contribution in [0.1, 0.15) is 32.1 Å². The van der Waals surface area contributed by atoms with Gasteiger partial charge in [0.05, 0.1) is 5.75 Å². The first-order valence-corrected chi connectivity index (χ1v) is 9.21. The molecular weight excluding hydrogens is 262 g/mol. The largest absolute Gasteiger partial charge is 0.314 e. The van der Waals surface area contributed by atoms with Gasteiger partial charge in [-0.05, 0) is 18.8 Å². The fraction of sp³-hybridized carbons (Fsp3) is 1.00. The second-order valence-electron chi connectivity index (χ2n) is 5.77. The molecule has 0 radical (unpaired) electrons. The molecule has 19 heavy (non-hydrogen) atoms. The van der Waals surface area contributed by atoms with E-state index in [1.54, 1.807) is 0 Å². The average Bonchev–Trinajstić information content (AvgIpc) is 2.40. The van der Waals surface area contributed by atoms with Crippen LogP contribution in [0.2, 0.25) is 0 Å². The zero-order chi connectivity index (χ0) is 13.6. The highest BCUT2D eigenvalue weighted by Crippen LogP contribution is 2.24. The summed E-state index contributed by atoms with van der Waals surface area (Å²) in [7, 11) is -3.07. The van der Waals surface area contributed by atoms with E-state index >= 15 is 0 Å². The Kier molecular flexibility index (Phi) is 6.06. The molecule has 6 heteroatoms. The van der Waals surface area contributed by atoms with Gasteiger partial charge in [-0.2, -0.15) is 0 Å². The van der Waals surface area contributed by atoms with Crippen LogP contribution < -0.4 is 10.0 Å². The van der Waals surface area contributed by atoms with Crippen LogP contribution in [0.25, 0.3) is 0 Å². The van der Waals surface area contributed by atoms with E-state index in [1.165, 1.54) is 19.3 Å². The molecule has 2 fully saturated rings. The lowest BCUT2D eigenvalue weighted by molar-refractivity contribution is 0.245. The minimum atomic E-state index is -3.07. The summed E-state index contributed by atoms with van der Waals surface area (Å²) in [5.41, 5.74) is 0. The number of nitrogens with one attached hydrogen (secondary N) is 2. The molecule has 112 valence electrons. The van der Waals surface area contributed by atoms with Crippen molar-refractivity contribution in [3.05, 3.63) is 0 Å². The Morgan fingerprint density at radius 1 is 1.11 bits per heavy atom. The fourth-order valence-corrected chi connectivity index (χ4v) is 4.49. The first-order valence-electron chi connectivity index (χ1n) is 7.56. The maximum Gasteiger partial charge on any atom is 0.211 e. The standard InChI is InChI=1S/C13H27N3O2S/c17-19(18,12-13-4-2-1-3-5-13)15-8-11-16-9-6-14-7-10-16/h13-15H,1-12H2. The van der Waals surface area contributed by atoms with Crippen molar-refractivity contribution < 1.29 is 8.42 Å². The Morgan fingerprint density at radius 3 is 2.47 bits per heavy atom. The van der Waals surface area contributed by atoms with Gasteiger partial charge in [0.25, 0.3) is 0 Å². The van der Waals surface area contributed by atoms with Crippen LogP contribution in [0.3, 0.4) is 0 Å². The zero-order valence-corrected chi connectivity index (χ0v) is 12.6. The van der Waals surface area contributed by atoms with Gasteiger partial charge in [-0.25, -0.2) is 13.1 Å². The SMILES string of the molecule is O=S(=O)(CC1CCCCC1)NCCN1CCNCC1. The predicted octanol–water partition coefficient (Wildman–Crippen LogP) is 0.391. The molecule has 0 aromatic heterocycles. The highest BCUT2D eigenvalue weighted by atomic mass is 32.2. The summed E-state index contributed by atoms with van der Waals surface area (Å²) in [6.45, 7) is 5.43. The van der Waals surface area contributed by atoms with E-state index in [1.807, 2.05) is 0 Å². The highest BCUT2D eigenvalue weighted by molar-refractivity contribution is 7.89. The molecule has 0 aromatic carbocycles. The summed E-state index contributed by atoms with van der Waals surface area (Å²) < 4.78 is 26.8. The number of hydrogen-bond donors (Lipinski definition) is 2. The van der Waals surface area contributed by atoms with Crippen LogP contribution in [0.15, 0.2) is 0 Å². The third-order valence-electron chi connectivity index (χ3n) is 4.14. The lowest BCUT2D eigenvalue weighted by Gasteiger charge is -2.27. The van der Waals surface area contributed by atoms with E-state index in [0.717, 1.165) is 45.6 Å². The molecule has 1 heterocycles. The van der Waals surface area contributed by atoms with Crippen molar-refractivity contribution >= 4 is 10.0 Å². The zero-order valence-electron chi connectivity index (χ0n) is 11.7. The summed E-state index contributed by atoms with van der Waals surface area (Å²) in [6.07, 6.45) is 5.83. The molecule has 1 saturated heterocycles. The Hall–Kier alpha value is -0.170. The van der Waals surface area contributed by atoms with Crippen molar-refractivity contribution in [1.29, 1.82) is 0 Å². The van der Waals surface area contributed by atoms with Crippen LogP contribution in [0.4, 0.5) is 0 Å². The number of rotatable bonds is 6. The van der Waals surface area contributed by atoms with Crippen LogP contribution in [-0.2, 0) is 10.0 Å². The molecule has 1 aliphatic carbocycles. The molecule has 2 rings (SSSR count). The maximum atomic E-state index is 12.0. The monoisotopic (exact) mass is 289 g/mol. The summed E-state index contributed by atoms with van der Waals surface area (Å²) in [5.74, 6) is 0.708. The highest BCUT2D eigenvalue weighted by Gasteiger charge is 2.21. The second kappa shape index (κ2) is 7.57. The summed E-state index contributed by atoms with van der Waals surface area (Å²) in [5, 5.41) is 3.30. The van der Waals surface area contributed by atoms with Crippen LogP contribution >= 0.6 is 0 Å². The molecule has 0 bridgehead atoms. The van der Waals surface area contributed by atoms with Gasteiger partial charge in [-0.3, -0.25) is 4.90 Å². The van der Waals surface area contributed by atoms with Gasteiger partial charge in [0.2, 0.25) is 10.0 Å². The predicted molar refractivity (Wildman–Crippen MR) is 77.7 cm³/mol. The maximum absolute atomic E-state index is 12.0. The minimum absolute atomic E-state index is 0.328. The average molecular weight is 289 g/mol. The Morgan fingerprint density at radius 2 is 1.79 bits per heavy atom. The lowest BCUT2D eigenvalue weighted by atomic mass is 9.91. The minimum Gasteiger partial charge on any atom is -0.314 e. The Labute approximate surface area is 117 Å². The molecular formula is C13H27N3O2S. The van der Waals surface area contributed by atoms with Crippen molar-refractivity contribution in [3.63, 3.8) is 0 Å². The summed E-state index contributed by atoms with van der Waals surface area (Å²) >= 11 is 0. The molecule has 0 spiro atoms. The van der Waals surface area contributed by atoms with E-state index in [2.05, 4.69) is 14.9 Å². The second-order valence-corrected chi connectivity index (χ2v) is 7.62. The number of piperazine rings is 1. The molecule has 0 atom stereocenters. The van der Waals surface area contributed by atoms with Gasteiger partial charge in [-0.1, -0.05) is 19.3 Å². The molecule has 1 saturated carbocycles. The van der Waals surface area contributed by atoms with Crippen molar-refractivity contribution in [1.82, 2.24) is 14.9 Å².